The average Bonchev–Trinajstić information content (AvgIpc) is 2.76. The van der Waals surface area contributed by atoms with Gasteiger partial charge < -0.3 is 16.4 Å². The molecule has 1 unspecified atom stereocenters. The van der Waals surface area contributed by atoms with Gasteiger partial charge in [-0.15, -0.1) is 0 Å². The molecule has 10 nitrogen and oxygen atoms in total. The molecule has 1 aromatic carbocycles. The zero-order valence-electron chi connectivity index (χ0n) is 16.6. The maximum Gasteiger partial charge on any atom is 0.251 e. The summed E-state index contributed by atoms with van der Waals surface area (Å²) in [6.07, 6.45) is 4.71. The van der Waals surface area contributed by atoms with E-state index in [1.165, 1.54) is 0 Å². The van der Waals surface area contributed by atoms with Gasteiger partial charge in [0.25, 0.3) is 5.91 Å². The van der Waals surface area contributed by atoms with Gasteiger partial charge in [-0.3, -0.25) is 19.6 Å². The summed E-state index contributed by atoms with van der Waals surface area (Å²) in [4.78, 5) is 34.8. The largest absolute Gasteiger partial charge is 0.368 e. The van der Waals surface area contributed by atoms with Crippen LogP contribution >= 0.6 is 0 Å². The summed E-state index contributed by atoms with van der Waals surface area (Å²) >= 11 is 0. The number of amides is 2. The van der Waals surface area contributed by atoms with E-state index in [0.717, 1.165) is 5.56 Å². The molecule has 0 radical (unpaired) electrons. The smallest absolute Gasteiger partial charge is 0.251 e. The number of azide groups is 1. The van der Waals surface area contributed by atoms with Crippen molar-refractivity contribution in [1.29, 1.82) is 0 Å². The molecule has 0 fully saturated rings. The van der Waals surface area contributed by atoms with Crippen molar-refractivity contribution in [3.8, 4) is 0 Å². The van der Waals surface area contributed by atoms with Crippen molar-refractivity contribution in [2.24, 2.45) is 21.8 Å². The molecule has 2 atom stereocenters. The normalized spacial score (nSPS) is 12.7. The average molecular weight is 408 g/mol. The lowest BCUT2D eigenvalue weighted by Gasteiger charge is -2.21. The molecule has 0 spiro atoms. The van der Waals surface area contributed by atoms with E-state index in [-0.39, 0.29) is 24.9 Å². The van der Waals surface area contributed by atoms with Gasteiger partial charge in [0.2, 0.25) is 5.91 Å². The predicted molar refractivity (Wildman–Crippen MR) is 114 cm³/mol. The minimum Gasteiger partial charge on any atom is -0.368 e. The topological polar surface area (TPSA) is 158 Å². The summed E-state index contributed by atoms with van der Waals surface area (Å²) < 4.78 is 0. The first kappa shape index (κ1) is 22.5. The van der Waals surface area contributed by atoms with Gasteiger partial charge in [0.15, 0.2) is 0 Å². The number of aliphatic imine (C=N–C) groups is 1. The number of benzene rings is 1. The molecule has 4 N–H and O–H groups in total. The highest BCUT2D eigenvalue weighted by Crippen LogP contribution is 2.18. The van der Waals surface area contributed by atoms with Crippen molar-refractivity contribution >= 4 is 23.7 Å². The molecule has 2 rings (SSSR count). The van der Waals surface area contributed by atoms with Gasteiger partial charge in [-0.25, -0.2) is 0 Å². The second-order valence-corrected chi connectivity index (χ2v) is 6.54. The number of hydrogen-bond donors (Lipinski definition) is 3. The lowest BCUT2D eigenvalue weighted by molar-refractivity contribution is -0.121. The number of para-hydroxylation sites is 1. The molecular formula is C20H24N8O2. The van der Waals surface area contributed by atoms with Crippen molar-refractivity contribution < 1.29 is 9.59 Å². The van der Waals surface area contributed by atoms with Crippen LogP contribution in [0.15, 0.2) is 58.9 Å². The summed E-state index contributed by atoms with van der Waals surface area (Å²) in [6, 6.07) is 10.0. The summed E-state index contributed by atoms with van der Waals surface area (Å²) in [5, 5.41) is 9.37. The minimum atomic E-state index is -0.646. The fourth-order valence-electron chi connectivity index (χ4n) is 2.75. The van der Waals surface area contributed by atoms with Gasteiger partial charge in [-0.2, -0.15) is 0 Å². The standard InChI is InChI=1S/C20H24N8O2/c1-14(12-27-28-22)18(19(21)29)26-13-16-4-2-3-5-17(16)24-10-11-25-20(30)15-6-8-23-9-7-15/h2-10,14,18,26H,11-13H2,1H3,(H2,21,29)(H,25,30)/b24-10+/t14?,18-/m0/s1. The van der Waals surface area contributed by atoms with E-state index in [1.807, 2.05) is 24.3 Å². The Morgan fingerprint density at radius 1 is 1.27 bits per heavy atom. The van der Waals surface area contributed by atoms with Gasteiger partial charge in [0.05, 0.1) is 18.3 Å². The van der Waals surface area contributed by atoms with Crippen molar-refractivity contribution in [2.45, 2.75) is 19.5 Å². The van der Waals surface area contributed by atoms with E-state index in [9.17, 15) is 9.59 Å². The zero-order valence-corrected chi connectivity index (χ0v) is 16.6. The monoisotopic (exact) mass is 408 g/mol. The molecule has 0 aliphatic rings. The van der Waals surface area contributed by atoms with Crippen LogP contribution < -0.4 is 16.4 Å². The second-order valence-electron chi connectivity index (χ2n) is 6.54. The lowest BCUT2D eigenvalue weighted by atomic mass is 10.0. The first-order chi connectivity index (χ1) is 14.5. The van der Waals surface area contributed by atoms with Gasteiger partial charge in [-0.1, -0.05) is 30.2 Å². The van der Waals surface area contributed by atoms with E-state index >= 15 is 0 Å². The Morgan fingerprint density at radius 2 is 2.00 bits per heavy atom. The Labute approximate surface area is 174 Å². The molecule has 0 saturated carbocycles. The quantitative estimate of drug-likeness (QED) is 0.225. The number of carbonyl (C=O) groups is 2. The highest BCUT2D eigenvalue weighted by molar-refractivity contribution is 5.95. The van der Waals surface area contributed by atoms with Crippen LogP contribution in [0, 0.1) is 5.92 Å². The van der Waals surface area contributed by atoms with Gasteiger partial charge in [-0.05, 0) is 35.2 Å². The van der Waals surface area contributed by atoms with E-state index < -0.39 is 11.9 Å². The van der Waals surface area contributed by atoms with Crippen molar-refractivity contribution in [3.05, 3.63) is 70.4 Å². The summed E-state index contributed by atoms with van der Waals surface area (Å²) in [6.45, 7) is 2.56. The molecule has 0 aliphatic carbocycles. The summed E-state index contributed by atoms with van der Waals surface area (Å²) in [5.74, 6) is -0.981. The number of nitrogens with two attached hydrogens (primary N) is 1. The number of rotatable bonds is 11. The number of hydrogen-bond acceptors (Lipinski definition) is 6. The Morgan fingerprint density at radius 3 is 2.70 bits per heavy atom. The van der Waals surface area contributed by atoms with Gasteiger partial charge >= 0.3 is 0 Å². The van der Waals surface area contributed by atoms with Crippen molar-refractivity contribution in [2.75, 3.05) is 13.1 Å². The van der Waals surface area contributed by atoms with E-state index in [0.29, 0.717) is 17.8 Å². The highest BCUT2D eigenvalue weighted by atomic mass is 16.2. The number of primary amides is 1. The molecule has 1 heterocycles. The maximum absolute atomic E-state index is 12.0. The van der Waals surface area contributed by atoms with Crippen LogP contribution in [0.3, 0.4) is 0 Å². The number of nitrogens with zero attached hydrogens (tertiary/aromatic N) is 5. The third-order valence-electron chi connectivity index (χ3n) is 4.34. The van der Waals surface area contributed by atoms with E-state index in [4.69, 9.17) is 11.3 Å². The Bertz CT molecular complexity index is 925. The van der Waals surface area contributed by atoms with Crippen molar-refractivity contribution in [1.82, 2.24) is 15.6 Å². The molecular weight excluding hydrogens is 384 g/mol. The molecule has 1 aromatic heterocycles. The Kier molecular flexibility index (Phi) is 8.98. The number of nitrogens with one attached hydrogen (secondary N) is 2. The summed E-state index contributed by atoms with van der Waals surface area (Å²) in [7, 11) is 0. The number of carbonyl (C=O) groups excluding carboxylic acids is 2. The fourth-order valence-corrected chi connectivity index (χ4v) is 2.75. The fraction of sp³-hybridized carbons (Fsp3) is 0.300. The second kappa shape index (κ2) is 11.9. The first-order valence-electron chi connectivity index (χ1n) is 9.35. The minimum absolute atomic E-state index is 0.161. The maximum atomic E-state index is 12.0. The molecule has 0 bridgehead atoms. The number of pyridine rings is 1. The Balaban J connectivity index is 1.96. The molecule has 156 valence electrons. The lowest BCUT2D eigenvalue weighted by Crippen LogP contribution is -2.46. The van der Waals surface area contributed by atoms with Crippen LogP contribution in [0.25, 0.3) is 10.4 Å². The van der Waals surface area contributed by atoms with Crippen LogP contribution in [0.1, 0.15) is 22.8 Å². The van der Waals surface area contributed by atoms with Crippen LogP contribution in [-0.4, -0.2) is 42.1 Å². The summed E-state index contributed by atoms with van der Waals surface area (Å²) in [5.41, 5.74) is 16.0. The molecule has 10 heteroatoms. The van der Waals surface area contributed by atoms with Crippen molar-refractivity contribution in [3.63, 3.8) is 0 Å². The van der Waals surface area contributed by atoms with Gasteiger partial charge in [0, 0.05) is 42.2 Å². The van der Waals surface area contributed by atoms with Crippen LogP contribution in [0.2, 0.25) is 0 Å². The third-order valence-corrected chi connectivity index (χ3v) is 4.34. The predicted octanol–water partition coefficient (Wildman–Crippen LogP) is 2.10. The van der Waals surface area contributed by atoms with Crippen LogP contribution in [-0.2, 0) is 11.3 Å². The van der Waals surface area contributed by atoms with Gasteiger partial charge in [0.1, 0.15) is 0 Å². The van der Waals surface area contributed by atoms with E-state index in [1.54, 1.807) is 37.7 Å². The Hall–Kier alpha value is -3.75. The third kappa shape index (κ3) is 7.01. The molecule has 30 heavy (non-hydrogen) atoms. The van der Waals surface area contributed by atoms with E-state index in [2.05, 4.69) is 30.6 Å². The van der Waals surface area contributed by atoms with Crippen LogP contribution in [0.5, 0.6) is 0 Å². The number of aromatic nitrogens is 1. The molecule has 0 aliphatic heterocycles. The SMILES string of the molecule is CC(CN=[N+]=[N-])[C@H](NCc1ccccc1/N=C/CNC(=O)c1ccncc1)C(N)=O. The molecule has 2 amide bonds. The highest BCUT2D eigenvalue weighted by Gasteiger charge is 2.22. The molecule has 2 aromatic rings. The van der Waals surface area contributed by atoms with Crippen LogP contribution in [0.4, 0.5) is 5.69 Å². The molecule has 0 saturated heterocycles. The zero-order chi connectivity index (χ0) is 21.8. The first-order valence-corrected chi connectivity index (χ1v) is 9.35.